The number of carbonyl (C=O) groups excluding carboxylic acids is 1. The fourth-order valence-corrected chi connectivity index (χ4v) is 0.678. The monoisotopic (exact) mass is 260 g/mol. The molecule has 1 heterocycles. The SMILES string of the molecule is COCc1ccc(C=O)o1.[Sn]. The normalized spacial score (nSPS) is 8.82. The zero-order valence-electron chi connectivity index (χ0n) is 6.16. The van der Waals surface area contributed by atoms with Crippen LogP contribution >= 0.6 is 0 Å². The van der Waals surface area contributed by atoms with Crippen molar-refractivity contribution < 1.29 is 13.9 Å². The van der Waals surface area contributed by atoms with Crippen LogP contribution in [0.2, 0.25) is 0 Å². The van der Waals surface area contributed by atoms with Gasteiger partial charge in [-0.2, -0.15) is 0 Å². The van der Waals surface area contributed by atoms with Gasteiger partial charge in [0.15, 0.2) is 12.0 Å². The van der Waals surface area contributed by atoms with E-state index in [2.05, 4.69) is 0 Å². The first-order valence-corrected chi connectivity index (χ1v) is 2.89. The second-order valence-corrected chi connectivity index (χ2v) is 1.85. The molecule has 0 aliphatic carbocycles. The molecule has 1 aromatic heterocycles. The number of methoxy groups -OCH3 is 1. The van der Waals surface area contributed by atoms with Gasteiger partial charge in [0, 0.05) is 31.0 Å². The number of furan rings is 1. The van der Waals surface area contributed by atoms with E-state index >= 15 is 0 Å². The maximum Gasteiger partial charge on any atom is 0.185 e. The molecule has 11 heavy (non-hydrogen) atoms. The van der Waals surface area contributed by atoms with E-state index in [0.717, 1.165) is 0 Å². The summed E-state index contributed by atoms with van der Waals surface area (Å²) in [6.45, 7) is 0.411. The van der Waals surface area contributed by atoms with E-state index in [4.69, 9.17) is 9.15 Å². The van der Waals surface area contributed by atoms with Crippen LogP contribution in [0.25, 0.3) is 0 Å². The van der Waals surface area contributed by atoms with Crippen LogP contribution in [0.5, 0.6) is 0 Å². The predicted molar refractivity (Wildman–Crippen MR) is 40.6 cm³/mol. The molecule has 0 aliphatic rings. The van der Waals surface area contributed by atoms with Crippen LogP contribution in [0.4, 0.5) is 0 Å². The molecule has 0 aliphatic heterocycles. The largest absolute Gasteiger partial charge is 0.456 e. The number of aldehydes is 1. The van der Waals surface area contributed by atoms with Gasteiger partial charge in [-0.15, -0.1) is 0 Å². The topological polar surface area (TPSA) is 39.4 Å². The summed E-state index contributed by atoms with van der Waals surface area (Å²) in [6.07, 6.45) is 0.666. The molecule has 0 N–H and O–H groups in total. The van der Waals surface area contributed by atoms with Crippen molar-refractivity contribution in [2.45, 2.75) is 6.61 Å². The summed E-state index contributed by atoms with van der Waals surface area (Å²) in [6, 6.07) is 3.33. The van der Waals surface area contributed by atoms with E-state index in [-0.39, 0.29) is 23.9 Å². The Bertz CT molecular complexity index is 219. The zero-order valence-corrected chi connectivity index (χ0v) is 9.02. The summed E-state index contributed by atoms with van der Waals surface area (Å²) in [5.74, 6) is 1.01. The fourth-order valence-electron chi connectivity index (χ4n) is 0.678. The molecule has 0 bridgehead atoms. The van der Waals surface area contributed by atoms with Gasteiger partial charge in [0.2, 0.25) is 0 Å². The molecule has 3 nitrogen and oxygen atoms in total. The second kappa shape index (κ2) is 5.37. The van der Waals surface area contributed by atoms with E-state index < -0.39 is 0 Å². The van der Waals surface area contributed by atoms with Gasteiger partial charge >= 0.3 is 0 Å². The molecular weight excluding hydrogens is 251 g/mol. The van der Waals surface area contributed by atoms with Gasteiger partial charge in [0.25, 0.3) is 0 Å². The standard InChI is InChI=1S/C7H8O3.Sn/c1-9-5-7-3-2-6(4-8)10-7;/h2-4H,5H2,1H3;. The third-order valence-electron chi connectivity index (χ3n) is 1.09. The maximum atomic E-state index is 10.1. The van der Waals surface area contributed by atoms with Gasteiger partial charge in [-0.25, -0.2) is 0 Å². The first kappa shape index (κ1) is 10.7. The Morgan fingerprint density at radius 2 is 2.36 bits per heavy atom. The van der Waals surface area contributed by atoms with Crippen LogP contribution in [0.15, 0.2) is 16.5 Å². The van der Waals surface area contributed by atoms with Gasteiger partial charge in [0.05, 0.1) is 0 Å². The molecule has 58 valence electrons. The van der Waals surface area contributed by atoms with Crippen molar-refractivity contribution in [3.05, 3.63) is 23.7 Å². The summed E-state index contributed by atoms with van der Waals surface area (Å²) in [7, 11) is 1.57. The Morgan fingerprint density at radius 1 is 1.64 bits per heavy atom. The minimum Gasteiger partial charge on any atom is -0.456 e. The molecule has 0 fully saturated rings. The van der Waals surface area contributed by atoms with Crippen LogP contribution in [0.3, 0.4) is 0 Å². The average Bonchev–Trinajstić information content (AvgIpc) is 2.37. The Morgan fingerprint density at radius 3 is 2.82 bits per heavy atom. The van der Waals surface area contributed by atoms with Crippen LogP contribution < -0.4 is 0 Å². The number of ether oxygens (including phenoxy) is 1. The second-order valence-electron chi connectivity index (χ2n) is 1.85. The predicted octanol–water partition coefficient (Wildman–Crippen LogP) is 0.858. The first-order valence-electron chi connectivity index (χ1n) is 2.89. The Kier molecular flexibility index (Phi) is 5.23. The van der Waals surface area contributed by atoms with Gasteiger partial charge in [0.1, 0.15) is 12.4 Å². The molecule has 4 heteroatoms. The molecule has 0 saturated heterocycles. The molecule has 0 amide bonds. The van der Waals surface area contributed by atoms with Gasteiger partial charge in [-0.1, -0.05) is 0 Å². The van der Waals surface area contributed by atoms with E-state index in [1.165, 1.54) is 0 Å². The summed E-state index contributed by atoms with van der Waals surface area (Å²) in [4.78, 5) is 10.1. The molecule has 0 unspecified atom stereocenters. The van der Waals surface area contributed by atoms with Crippen LogP contribution in [-0.2, 0) is 11.3 Å². The Balaban J connectivity index is 0.000001000. The van der Waals surface area contributed by atoms with Crippen LogP contribution in [-0.4, -0.2) is 37.3 Å². The van der Waals surface area contributed by atoms with Crippen molar-refractivity contribution in [3.8, 4) is 0 Å². The van der Waals surface area contributed by atoms with Crippen molar-refractivity contribution in [1.82, 2.24) is 0 Å². The quantitative estimate of drug-likeness (QED) is 0.596. The molecule has 0 atom stereocenters. The summed E-state index contributed by atoms with van der Waals surface area (Å²) >= 11 is 0. The van der Waals surface area contributed by atoms with Gasteiger partial charge in [-0.3, -0.25) is 4.79 Å². The fraction of sp³-hybridized carbons (Fsp3) is 0.286. The Hall–Kier alpha value is -0.291. The van der Waals surface area contributed by atoms with E-state index in [1.54, 1.807) is 19.2 Å². The number of hydrogen-bond acceptors (Lipinski definition) is 3. The third kappa shape index (κ3) is 3.07. The summed E-state index contributed by atoms with van der Waals surface area (Å²) in [5, 5.41) is 0. The molecule has 0 spiro atoms. The van der Waals surface area contributed by atoms with Crippen LogP contribution in [0.1, 0.15) is 16.3 Å². The van der Waals surface area contributed by atoms with Gasteiger partial charge < -0.3 is 9.15 Å². The summed E-state index contributed by atoms with van der Waals surface area (Å²) in [5.41, 5.74) is 0. The van der Waals surface area contributed by atoms with Crippen molar-refractivity contribution in [2.75, 3.05) is 7.11 Å². The molecule has 4 radical (unpaired) electrons. The van der Waals surface area contributed by atoms with Crippen molar-refractivity contribution in [1.29, 1.82) is 0 Å². The van der Waals surface area contributed by atoms with Crippen molar-refractivity contribution in [3.63, 3.8) is 0 Å². The summed E-state index contributed by atoms with van der Waals surface area (Å²) < 4.78 is 9.76. The third-order valence-corrected chi connectivity index (χ3v) is 1.09. The number of carbonyl (C=O) groups is 1. The molecule has 1 rings (SSSR count). The van der Waals surface area contributed by atoms with E-state index in [9.17, 15) is 4.79 Å². The Labute approximate surface area is 81.7 Å². The minimum atomic E-state index is 0. The van der Waals surface area contributed by atoms with Crippen molar-refractivity contribution in [2.24, 2.45) is 0 Å². The van der Waals surface area contributed by atoms with E-state index in [0.29, 0.717) is 24.4 Å². The number of rotatable bonds is 3. The van der Waals surface area contributed by atoms with E-state index in [1.807, 2.05) is 0 Å². The minimum absolute atomic E-state index is 0. The smallest absolute Gasteiger partial charge is 0.185 e. The van der Waals surface area contributed by atoms with Crippen LogP contribution in [0, 0.1) is 0 Å². The average molecular weight is 259 g/mol. The molecule has 1 aromatic rings. The zero-order chi connectivity index (χ0) is 7.40. The van der Waals surface area contributed by atoms with Crippen molar-refractivity contribution >= 4 is 30.2 Å². The molecule has 0 saturated carbocycles. The maximum absolute atomic E-state index is 10.1. The molecule has 0 aromatic carbocycles. The van der Waals surface area contributed by atoms with Gasteiger partial charge in [-0.05, 0) is 12.1 Å². The first-order chi connectivity index (χ1) is 4.86. The molecular formula is C7H8O3Sn. The number of hydrogen-bond donors (Lipinski definition) is 0.